The molecule has 0 radical (unpaired) electrons. The molecular formula is C12H9BrN2O2. The monoisotopic (exact) mass is 292 g/mol. The van der Waals surface area contributed by atoms with Crippen molar-refractivity contribution >= 4 is 27.5 Å². The van der Waals surface area contributed by atoms with Crippen molar-refractivity contribution < 1.29 is 9.90 Å². The summed E-state index contributed by atoms with van der Waals surface area (Å²) in [7, 11) is 0. The number of amides is 1. The fourth-order valence-electron chi connectivity index (χ4n) is 1.31. The number of hydrogen-bond donors (Lipinski definition) is 2. The van der Waals surface area contributed by atoms with Crippen LogP contribution in [0.3, 0.4) is 0 Å². The van der Waals surface area contributed by atoms with Crippen LogP contribution in [0.5, 0.6) is 5.75 Å². The molecule has 0 aliphatic heterocycles. The maximum absolute atomic E-state index is 11.8. The maximum Gasteiger partial charge on any atom is 0.259 e. The van der Waals surface area contributed by atoms with Crippen molar-refractivity contribution in [2.75, 3.05) is 5.32 Å². The summed E-state index contributed by atoms with van der Waals surface area (Å²) in [6, 6.07) is 8.63. The number of nitrogens with zero attached hydrogens (tertiary/aromatic N) is 1. The molecule has 1 aromatic heterocycles. The Hall–Kier alpha value is -1.88. The average Bonchev–Trinajstić information content (AvgIpc) is 2.32. The second-order valence-electron chi connectivity index (χ2n) is 3.35. The predicted octanol–water partition coefficient (Wildman–Crippen LogP) is 2.80. The van der Waals surface area contributed by atoms with Crippen LogP contribution in [0.15, 0.2) is 47.2 Å². The first-order chi connectivity index (χ1) is 8.16. The lowest BCUT2D eigenvalue weighted by molar-refractivity contribution is 0.102. The topological polar surface area (TPSA) is 62.2 Å². The van der Waals surface area contributed by atoms with Crippen LogP contribution >= 0.6 is 15.9 Å². The smallest absolute Gasteiger partial charge is 0.259 e. The molecule has 1 amide bonds. The highest BCUT2D eigenvalue weighted by Gasteiger charge is 2.10. The van der Waals surface area contributed by atoms with E-state index >= 15 is 0 Å². The van der Waals surface area contributed by atoms with E-state index < -0.39 is 0 Å². The number of rotatable bonds is 2. The standard InChI is InChI=1S/C12H9BrN2O2/c13-8-1-3-9(4-2-8)15-12(17)10-5-6-14-7-11(10)16/h1-7,16H,(H,15,17). The van der Waals surface area contributed by atoms with E-state index in [4.69, 9.17) is 0 Å². The molecule has 0 unspecified atom stereocenters. The Kier molecular flexibility index (Phi) is 3.39. The van der Waals surface area contributed by atoms with Gasteiger partial charge in [0.05, 0.1) is 11.8 Å². The Bertz CT molecular complexity index is 540. The van der Waals surface area contributed by atoms with Crippen molar-refractivity contribution in [1.29, 1.82) is 0 Å². The van der Waals surface area contributed by atoms with Gasteiger partial charge in [-0.2, -0.15) is 0 Å². The van der Waals surface area contributed by atoms with Gasteiger partial charge in [-0.25, -0.2) is 0 Å². The minimum absolute atomic E-state index is 0.137. The van der Waals surface area contributed by atoms with Crippen molar-refractivity contribution in [2.45, 2.75) is 0 Å². The number of nitrogens with one attached hydrogen (secondary N) is 1. The summed E-state index contributed by atoms with van der Waals surface area (Å²) in [6.45, 7) is 0. The lowest BCUT2D eigenvalue weighted by Crippen LogP contribution is -2.12. The molecule has 0 saturated heterocycles. The van der Waals surface area contributed by atoms with Gasteiger partial charge in [-0.3, -0.25) is 9.78 Å². The zero-order valence-electron chi connectivity index (χ0n) is 8.72. The number of aromatic hydroxyl groups is 1. The van der Waals surface area contributed by atoms with Gasteiger partial charge in [-0.05, 0) is 30.3 Å². The highest BCUT2D eigenvalue weighted by Crippen LogP contribution is 2.18. The molecule has 0 bridgehead atoms. The average molecular weight is 293 g/mol. The van der Waals surface area contributed by atoms with Gasteiger partial charge in [0.25, 0.3) is 5.91 Å². The normalized spacial score (nSPS) is 9.94. The van der Waals surface area contributed by atoms with Crippen molar-refractivity contribution in [2.24, 2.45) is 0 Å². The second-order valence-corrected chi connectivity index (χ2v) is 4.27. The Morgan fingerprint density at radius 2 is 1.94 bits per heavy atom. The molecule has 0 aliphatic rings. The summed E-state index contributed by atoms with van der Waals surface area (Å²) >= 11 is 3.31. The maximum atomic E-state index is 11.8. The van der Waals surface area contributed by atoms with Crippen molar-refractivity contribution in [1.82, 2.24) is 4.98 Å². The minimum Gasteiger partial charge on any atom is -0.505 e. The highest BCUT2D eigenvalue weighted by atomic mass is 79.9. The number of halogens is 1. The zero-order valence-corrected chi connectivity index (χ0v) is 10.3. The number of pyridine rings is 1. The summed E-state index contributed by atoms with van der Waals surface area (Å²) in [5, 5.41) is 12.2. The molecule has 5 heteroatoms. The van der Waals surface area contributed by atoms with E-state index in [9.17, 15) is 9.90 Å². The van der Waals surface area contributed by atoms with Crippen molar-refractivity contribution in [3.05, 3.63) is 52.8 Å². The van der Waals surface area contributed by atoms with E-state index in [1.54, 1.807) is 12.1 Å². The Morgan fingerprint density at radius 1 is 1.24 bits per heavy atom. The van der Waals surface area contributed by atoms with E-state index in [0.717, 1.165) is 4.47 Å². The van der Waals surface area contributed by atoms with E-state index in [2.05, 4.69) is 26.2 Å². The van der Waals surface area contributed by atoms with Gasteiger partial charge in [0.1, 0.15) is 5.75 Å². The van der Waals surface area contributed by atoms with Crippen LogP contribution in [0.4, 0.5) is 5.69 Å². The second kappa shape index (κ2) is 4.97. The lowest BCUT2D eigenvalue weighted by atomic mass is 10.2. The molecule has 0 spiro atoms. The van der Waals surface area contributed by atoms with Crippen molar-refractivity contribution in [3.8, 4) is 5.75 Å². The largest absolute Gasteiger partial charge is 0.505 e. The van der Waals surface area contributed by atoms with Crippen LogP contribution in [0.25, 0.3) is 0 Å². The first kappa shape index (κ1) is 11.6. The molecular weight excluding hydrogens is 284 g/mol. The van der Waals surface area contributed by atoms with Gasteiger partial charge in [0, 0.05) is 16.4 Å². The molecule has 17 heavy (non-hydrogen) atoms. The number of aromatic nitrogens is 1. The first-order valence-electron chi connectivity index (χ1n) is 4.87. The molecule has 1 aromatic carbocycles. The SMILES string of the molecule is O=C(Nc1ccc(Br)cc1)c1ccncc1O. The minimum atomic E-state index is -0.368. The van der Waals surface area contributed by atoms with Gasteiger partial charge >= 0.3 is 0 Å². The Labute approximate surface area is 106 Å². The number of carbonyl (C=O) groups is 1. The number of carbonyl (C=O) groups excluding carboxylic acids is 1. The van der Waals surface area contributed by atoms with Crippen LogP contribution in [0.2, 0.25) is 0 Å². The third-order valence-electron chi connectivity index (χ3n) is 2.15. The van der Waals surface area contributed by atoms with Crippen LogP contribution in [0, 0.1) is 0 Å². The summed E-state index contributed by atoms with van der Waals surface area (Å²) in [5.74, 6) is -0.505. The van der Waals surface area contributed by atoms with Crippen LogP contribution < -0.4 is 5.32 Å². The Morgan fingerprint density at radius 3 is 2.59 bits per heavy atom. The predicted molar refractivity (Wildman–Crippen MR) is 68.0 cm³/mol. The molecule has 0 fully saturated rings. The molecule has 2 N–H and O–H groups in total. The van der Waals surface area contributed by atoms with Gasteiger partial charge in [0.2, 0.25) is 0 Å². The Balaban J connectivity index is 2.17. The molecule has 86 valence electrons. The molecule has 1 heterocycles. The fourth-order valence-corrected chi connectivity index (χ4v) is 1.57. The van der Waals surface area contributed by atoms with Crippen LogP contribution in [-0.2, 0) is 0 Å². The first-order valence-corrected chi connectivity index (χ1v) is 5.66. The third-order valence-corrected chi connectivity index (χ3v) is 2.68. The third kappa shape index (κ3) is 2.82. The number of anilines is 1. The number of hydrogen-bond acceptors (Lipinski definition) is 3. The molecule has 0 saturated carbocycles. The van der Waals surface area contributed by atoms with E-state index in [1.807, 2.05) is 12.1 Å². The number of benzene rings is 1. The molecule has 2 aromatic rings. The van der Waals surface area contributed by atoms with Gasteiger partial charge in [-0.1, -0.05) is 15.9 Å². The van der Waals surface area contributed by atoms with E-state index in [0.29, 0.717) is 5.69 Å². The van der Waals surface area contributed by atoms with Crippen LogP contribution in [-0.4, -0.2) is 16.0 Å². The summed E-state index contributed by atoms with van der Waals surface area (Å²) in [4.78, 5) is 15.5. The fraction of sp³-hybridized carbons (Fsp3) is 0. The molecule has 0 atom stereocenters. The summed E-state index contributed by atoms with van der Waals surface area (Å²) in [6.07, 6.45) is 2.69. The van der Waals surface area contributed by atoms with Crippen molar-refractivity contribution in [3.63, 3.8) is 0 Å². The molecule has 4 nitrogen and oxygen atoms in total. The quantitative estimate of drug-likeness (QED) is 0.895. The van der Waals surface area contributed by atoms with Gasteiger partial charge in [-0.15, -0.1) is 0 Å². The van der Waals surface area contributed by atoms with Gasteiger partial charge in [0.15, 0.2) is 0 Å². The lowest BCUT2D eigenvalue weighted by Gasteiger charge is -2.06. The summed E-state index contributed by atoms with van der Waals surface area (Å²) in [5.41, 5.74) is 0.859. The van der Waals surface area contributed by atoms with E-state index in [-0.39, 0.29) is 17.2 Å². The van der Waals surface area contributed by atoms with Crippen LogP contribution in [0.1, 0.15) is 10.4 Å². The summed E-state index contributed by atoms with van der Waals surface area (Å²) < 4.78 is 0.933. The molecule has 0 aliphatic carbocycles. The zero-order chi connectivity index (χ0) is 12.3. The molecule has 2 rings (SSSR count). The van der Waals surface area contributed by atoms with E-state index in [1.165, 1.54) is 18.5 Å². The highest BCUT2D eigenvalue weighted by molar-refractivity contribution is 9.10. The van der Waals surface area contributed by atoms with Gasteiger partial charge < -0.3 is 10.4 Å².